The Morgan fingerprint density at radius 2 is 2.21 bits per heavy atom. The average molecular weight is 198 g/mol. The Morgan fingerprint density at radius 3 is 2.71 bits per heavy atom. The van der Waals surface area contributed by atoms with Crippen molar-refractivity contribution in [3.05, 3.63) is 23.0 Å². The number of rotatable bonds is 4. The van der Waals surface area contributed by atoms with Gasteiger partial charge in [-0.25, -0.2) is 0 Å². The van der Waals surface area contributed by atoms with E-state index in [0.29, 0.717) is 6.42 Å². The molecule has 0 aromatic carbocycles. The topological polar surface area (TPSA) is 38.7 Å². The van der Waals surface area contributed by atoms with E-state index in [2.05, 4.69) is 0 Å². The highest BCUT2D eigenvalue weighted by Crippen LogP contribution is 2.27. The Labute approximate surface area is 85.0 Å². The largest absolute Gasteiger partial charge is 0.497 e. The molecule has 3 nitrogen and oxygen atoms in total. The second kappa shape index (κ2) is 5.17. The van der Waals surface area contributed by atoms with E-state index in [4.69, 9.17) is 14.6 Å². The molecule has 1 N–H and O–H groups in total. The Hall–Kier alpha value is -0.800. The number of aliphatic hydroxyl groups excluding tert-OH is 1. The SMILES string of the molecule is COC1=C(C)C(OC)CC(CCO)=C1. The minimum absolute atomic E-state index is 0.0940. The predicted octanol–water partition coefficient (Wildman–Crippen LogP) is 1.63. The smallest absolute Gasteiger partial charge is 0.120 e. The van der Waals surface area contributed by atoms with E-state index in [0.717, 1.165) is 17.8 Å². The molecule has 1 unspecified atom stereocenters. The molecule has 0 saturated heterocycles. The van der Waals surface area contributed by atoms with Crippen LogP contribution in [-0.4, -0.2) is 32.0 Å². The quantitative estimate of drug-likeness (QED) is 0.746. The molecule has 1 aliphatic carbocycles. The molecule has 0 spiro atoms. The zero-order chi connectivity index (χ0) is 10.6. The van der Waals surface area contributed by atoms with Crippen molar-refractivity contribution in [1.29, 1.82) is 0 Å². The zero-order valence-corrected chi connectivity index (χ0v) is 9.04. The summed E-state index contributed by atoms with van der Waals surface area (Å²) < 4.78 is 10.6. The van der Waals surface area contributed by atoms with Crippen molar-refractivity contribution >= 4 is 0 Å². The van der Waals surface area contributed by atoms with Crippen molar-refractivity contribution in [3.63, 3.8) is 0 Å². The number of methoxy groups -OCH3 is 2. The van der Waals surface area contributed by atoms with Gasteiger partial charge in [0.15, 0.2) is 0 Å². The Kier molecular flexibility index (Phi) is 4.17. The minimum Gasteiger partial charge on any atom is -0.497 e. The molecular weight excluding hydrogens is 180 g/mol. The van der Waals surface area contributed by atoms with Crippen molar-refractivity contribution in [1.82, 2.24) is 0 Å². The van der Waals surface area contributed by atoms with Gasteiger partial charge in [0.05, 0.1) is 13.2 Å². The number of allylic oxidation sites excluding steroid dienone is 1. The fraction of sp³-hybridized carbons (Fsp3) is 0.636. The van der Waals surface area contributed by atoms with Crippen molar-refractivity contribution in [2.75, 3.05) is 20.8 Å². The highest BCUT2D eigenvalue weighted by atomic mass is 16.5. The minimum atomic E-state index is 0.0940. The Balaban J connectivity index is 2.84. The molecule has 1 atom stereocenters. The molecule has 1 aliphatic rings. The lowest BCUT2D eigenvalue weighted by Crippen LogP contribution is -2.19. The van der Waals surface area contributed by atoms with Crippen LogP contribution in [0.25, 0.3) is 0 Å². The van der Waals surface area contributed by atoms with Crippen LogP contribution in [0.2, 0.25) is 0 Å². The average Bonchev–Trinajstić information content (AvgIpc) is 2.20. The monoisotopic (exact) mass is 198 g/mol. The summed E-state index contributed by atoms with van der Waals surface area (Å²) in [5.74, 6) is 0.867. The number of aliphatic hydroxyl groups is 1. The van der Waals surface area contributed by atoms with Crippen molar-refractivity contribution < 1.29 is 14.6 Å². The van der Waals surface area contributed by atoms with Gasteiger partial charge in [-0.3, -0.25) is 0 Å². The maximum atomic E-state index is 8.86. The predicted molar refractivity (Wildman–Crippen MR) is 54.9 cm³/mol. The highest BCUT2D eigenvalue weighted by Gasteiger charge is 2.20. The molecule has 0 aromatic heterocycles. The van der Waals surface area contributed by atoms with Gasteiger partial charge in [0.25, 0.3) is 0 Å². The first kappa shape index (κ1) is 11.3. The van der Waals surface area contributed by atoms with Crippen LogP contribution in [0.5, 0.6) is 0 Å². The van der Waals surface area contributed by atoms with Crippen LogP contribution in [0.4, 0.5) is 0 Å². The summed E-state index contributed by atoms with van der Waals surface area (Å²) in [5, 5.41) is 8.86. The van der Waals surface area contributed by atoms with Gasteiger partial charge in [-0.1, -0.05) is 5.57 Å². The fourth-order valence-corrected chi connectivity index (χ4v) is 1.71. The van der Waals surface area contributed by atoms with Crippen LogP contribution in [0.1, 0.15) is 19.8 Å². The van der Waals surface area contributed by atoms with Gasteiger partial charge in [0.1, 0.15) is 5.76 Å². The maximum absolute atomic E-state index is 8.86. The van der Waals surface area contributed by atoms with E-state index in [9.17, 15) is 0 Å². The standard InChI is InChI=1S/C11H18O3/c1-8-10(13-2)6-9(4-5-12)7-11(8)14-3/h6,11-12H,4-5,7H2,1-3H3. The molecule has 0 amide bonds. The van der Waals surface area contributed by atoms with Gasteiger partial charge in [-0.15, -0.1) is 0 Å². The number of hydrogen-bond donors (Lipinski definition) is 1. The summed E-state index contributed by atoms with van der Waals surface area (Å²) in [7, 11) is 3.35. The second-order valence-corrected chi connectivity index (χ2v) is 3.46. The van der Waals surface area contributed by atoms with Gasteiger partial charge in [0.2, 0.25) is 0 Å². The van der Waals surface area contributed by atoms with Gasteiger partial charge in [0, 0.05) is 13.7 Å². The molecule has 14 heavy (non-hydrogen) atoms. The molecule has 0 fully saturated rings. The number of hydrogen-bond acceptors (Lipinski definition) is 3. The first-order valence-corrected chi connectivity index (χ1v) is 4.80. The van der Waals surface area contributed by atoms with Crippen LogP contribution in [0, 0.1) is 0 Å². The van der Waals surface area contributed by atoms with Gasteiger partial charge >= 0.3 is 0 Å². The lowest BCUT2D eigenvalue weighted by Gasteiger charge is -2.24. The Bertz CT molecular complexity index is 253. The van der Waals surface area contributed by atoms with E-state index < -0.39 is 0 Å². The highest BCUT2D eigenvalue weighted by molar-refractivity contribution is 5.32. The van der Waals surface area contributed by atoms with E-state index in [-0.39, 0.29) is 12.7 Å². The van der Waals surface area contributed by atoms with Gasteiger partial charge in [-0.2, -0.15) is 0 Å². The van der Waals surface area contributed by atoms with Gasteiger partial charge < -0.3 is 14.6 Å². The Morgan fingerprint density at radius 1 is 1.50 bits per heavy atom. The summed E-state index contributed by atoms with van der Waals surface area (Å²) >= 11 is 0. The molecule has 0 aromatic rings. The normalized spacial score (nSPS) is 22.3. The third-order valence-corrected chi connectivity index (χ3v) is 2.59. The van der Waals surface area contributed by atoms with Crippen LogP contribution in [0.3, 0.4) is 0 Å². The van der Waals surface area contributed by atoms with Crippen molar-refractivity contribution in [2.45, 2.75) is 25.9 Å². The lowest BCUT2D eigenvalue weighted by molar-refractivity contribution is 0.121. The summed E-state index contributed by atoms with van der Waals surface area (Å²) in [6.07, 6.45) is 3.65. The van der Waals surface area contributed by atoms with Crippen LogP contribution in [0.15, 0.2) is 23.0 Å². The van der Waals surface area contributed by atoms with E-state index in [1.165, 1.54) is 5.57 Å². The molecule has 1 rings (SSSR count). The summed E-state index contributed by atoms with van der Waals surface area (Å²) in [4.78, 5) is 0. The van der Waals surface area contributed by atoms with Crippen LogP contribution >= 0.6 is 0 Å². The first-order chi connectivity index (χ1) is 6.72. The second-order valence-electron chi connectivity index (χ2n) is 3.46. The van der Waals surface area contributed by atoms with Crippen molar-refractivity contribution in [2.24, 2.45) is 0 Å². The number of ether oxygens (including phenoxy) is 2. The van der Waals surface area contributed by atoms with E-state index >= 15 is 0 Å². The third kappa shape index (κ3) is 2.36. The van der Waals surface area contributed by atoms with Crippen LogP contribution in [-0.2, 0) is 9.47 Å². The summed E-state index contributed by atoms with van der Waals surface area (Å²) in [6.45, 7) is 2.19. The summed E-state index contributed by atoms with van der Waals surface area (Å²) in [5.41, 5.74) is 2.30. The molecule has 0 radical (unpaired) electrons. The van der Waals surface area contributed by atoms with E-state index in [1.54, 1.807) is 14.2 Å². The molecule has 0 heterocycles. The summed E-state index contributed by atoms with van der Waals surface area (Å²) in [6, 6.07) is 0. The molecule has 0 saturated carbocycles. The third-order valence-electron chi connectivity index (χ3n) is 2.59. The molecule has 80 valence electrons. The zero-order valence-electron chi connectivity index (χ0n) is 9.04. The molecule has 3 heteroatoms. The molecule has 0 bridgehead atoms. The fourth-order valence-electron chi connectivity index (χ4n) is 1.71. The molecule has 0 aliphatic heterocycles. The van der Waals surface area contributed by atoms with Crippen molar-refractivity contribution in [3.8, 4) is 0 Å². The van der Waals surface area contributed by atoms with E-state index in [1.807, 2.05) is 13.0 Å². The first-order valence-electron chi connectivity index (χ1n) is 4.80. The van der Waals surface area contributed by atoms with Crippen LogP contribution < -0.4 is 0 Å². The van der Waals surface area contributed by atoms with Gasteiger partial charge in [-0.05, 0) is 31.4 Å². The maximum Gasteiger partial charge on any atom is 0.120 e. The lowest BCUT2D eigenvalue weighted by atomic mass is 9.93. The molecular formula is C11H18O3.